The molecular weight excluding hydrogens is 240 g/mol. The first-order chi connectivity index (χ1) is 8.89. The number of likely N-dealkylation sites (N-methyl/N-ethyl adjacent to an activating group) is 1. The minimum atomic E-state index is -0.584. The van der Waals surface area contributed by atoms with Gasteiger partial charge < -0.3 is 16.0 Å². The van der Waals surface area contributed by atoms with E-state index >= 15 is 0 Å². The van der Waals surface area contributed by atoms with Crippen LogP contribution in [0.5, 0.6) is 0 Å². The topological polar surface area (TPSA) is 61.6 Å². The Morgan fingerprint density at radius 3 is 2.68 bits per heavy atom. The predicted octanol–water partition coefficient (Wildman–Crippen LogP) is 0.256. The van der Waals surface area contributed by atoms with Gasteiger partial charge in [0.2, 0.25) is 5.91 Å². The number of amides is 1. The summed E-state index contributed by atoms with van der Waals surface area (Å²) in [6.07, 6.45) is 1.78. The van der Waals surface area contributed by atoms with E-state index in [-0.39, 0.29) is 5.91 Å². The number of primary amides is 1. The summed E-state index contributed by atoms with van der Waals surface area (Å²) in [5, 5.41) is 3.30. The van der Waals surface area contributed by atoms with Gasteiger partial charge >= 0.3 is 0 Å². The molecule has 1 fully saturated rings. The van der Waals surface area contributed by atoms with E-state index in [0.29, 0.717) is 6.04 Å². The van der Waals surface area contributed by atoms with Gasteiger partial charge in [-0.05, 0) is 40.3 Å². The number of carbonyl (C=O) groups excluding carboxylic acids is 1. The zero-order chi connectivity index (χ0) is 14.5. The zero-order valence-electron chi connectivity index (χ0n) is 12.9. The summed E-state index contributed by atoms with van der Waals surface area (Å²) < 4.78 is 0. The highest BCUT2D eigenvalue weighted by Gasteiger charge is 2.31. The first-order valence-electron chi connectivity index (χ1n) is 7.36. The Morgan fingerprint density at radius 1 is 1.47 bits per heavy atom. The van der Waals surface area contributed by atoms with Gasteiger partial charge in [-0.1, -0.05) is 6.92 Å². The Hall–Kier alpha value is -0.650. The maximum Gasteiger partial charge on any atom is 0.237 e. The van der Waals surface area contributed by atoms with Crippen molar-refractivity contribution < 1.29 is 4.79 Å². The van der Waals surface area contributed by atoms with E-state index in [2.05, 4.69) is 36.0 Å². The molecule has 0 aromatic carbocycles. The molecule has 2 atom stereocenters. The molecule has 112 valence electrons. The summed E-state index contributed by atoms with van der Waals surface area (Å²) in [7, 11) is 2.16. The smallest absolute Gasteiger partial charge is 0.237 e. The molecule has 0 spiro atoms. The van der Waals surface area contributed by atoms with Gasteiger partial charge in [0.25, 0.3) is 0 Å². The van der Waals surface area contributed by atoms with Gasteiger partial charge in [0.15, 0.2) is 0 Å². The van der Waals surface area contributed by atoms with Crippen LogP contribution in [0.4, 0.5) is 0 Å². The molecule has 0 saturated carbocycles. The molecule has 1 aliphatic heterocycles. The van der Waals surface area contributed by atoms with Crippen molar-refractivity contribution in [2.24, 2.45) is 5.73 Å². The second kappa shape index (κ2) is 7.22. The molecule has 3 N–H and O–H groups in total. The summed E-state index contributed by atoms with van der Waals surface area (Å²) in [6.45, 7) is 11.3. The van der Waals surface area contributed by atoms with Gasteiger partial charge in [-0.3, -0.25) is 9.69 Å². The van der Waals surface area contributed by atoms with Crippen molar-refractivity contribution in [1.29, 1.82) is 0 Å². The maximum absolute atomic E-state index is 11.7. The van der Waals surface area contributed by atoms with Crippen LogP contribution in [-0.4, -0.2) is 67.1 Å². The summed E-state index contributed by atoms with van der Waals surface area (Å²) >= 11 is 0. The van der Waals surface area contributed by atoms with Crippen molar-refractivity contribution >= 4 is 5.91 Å². The largest absolute Gasteiger partial charge is 0.368 e. The molecule has 1 saturated heterocycles. The first-order valence-corrected chi connectivity index (χ1v) is 7.36. The lowest BCUT2D eigenvalue weighted by Gasteiger charge is -2.40. The molecule has 1 amide bonds. The summed E-state index contributed by atoms with van der Waals surface area (Å²) in [5.41, 5.74) is 4.97. The Balaban J connectivity index is 2.49. The van der Waals surface area contributed by atoms with Gasteiger partial charge in [0.05, 0.1) is 5.54 Å². The molecule has 5 nitrogen and oxygen atoms in total. The fourth-order valence-electron chi connectivity index (χ4n) is 2.58. The maximum atomic E-state index is 11.7. The van der Waals surface area contributed by atoms with E-state index in [4.69, 9.17) is 5.73 Å². The van der Waals surface area contributed by atoms with Gasteiger partial charge in [-0.15, -0.1) is 0 Å². The molecule has 1 heterocycles. The van der Waals surface area contributed by atoms with Crippen LogP contribution >= 0.6 is 0 Å². The lowest BCUT2D eigenvalue weighted by atomic mass is 9.95. The van der Waals surface area contributed by atoms with E-state index in [1.807, 2.05) is 6.92 Å². The average Bonchev–Trinajstić information content (AvgIpc) is 2.35. The fourth-order valence-corrected chi connectivity index (χ4v) is 2.58. The number of piperazine rings is 1. The van der Waals surface area contributed by atoms with Crippen LogP contribution in [-0.2, 0) is 4.79 Å². The number of hydrogen-bond acceptors (Lipinski definition) is 4. The highest BCUT2D eigenvalue weighted by Crippen LogP contribution is 2.14. The van der Waals surface area contributed by atoms with Crippen LogP contribution in [0.3, 0.4) is 0 Å². The third-order valence-corrected chi connectivity index (χ3v) is 4.18. The number of nitrogens with zero attached hydrogens (tertiary/aromatic N) is 2. The van der Waals surface area contributed by atoms with Gasteiger partial charge in [-0.2, -0.15) is 0 Å². The van der Waals surface area contributed by atoms with Crippen molar-refractivity contribution in [3.05, 3.63) is 0 Å². The van der Waals surface area contributed by atoms with Gasteiger partial charge in [0, 0.05) is 32.2 Å². The zero-order valence-corrected chi connectivity index (χ0v) is 12.9. The minimum Gasteiger partial charge on any atom is -0.368 e. The SMILES string of the molecule is CCCNC(C)(CCN1CCN(C)CC1C)C(N)=O. The van der Waals surface area contributed by atoms with Crippen LogP contribution in [0.15, 0.2) is 0 Å². The Kier molecular flexibility index (Phi) is 6.23. The van der Waals surface area contributed by atoms with Gasteiger partial charge in [-0.25, -0.2) is 0 Å². The monoisotopic (exact) mass is 270 g/mol. The molecule has 0 aromatic rings. The molecule has 0 radical (unpaired) electrons. The third-order valence-electron chi connectivity index (χ3n) is 4.18. The minimum absolute atomic E-state index is 0.247. The van der Waals surface area contributed by atoms with E-state index in [1.54, 1.807) is 0 Å². The molecule has 0 aliphatic carbocycles. The van der Waals surface area contributed by atoms with E-state index in [1.165, 1.54) is 0 Å². The van der Waals surface area contributed by atoms with Crippen LogP contribution in [0.1, 0.15) is 33.6 Å². The van der Waals surface area contributed by atoms with E-state index < -0.39 is 5.54 Å². The predicted molar refractivity (Wildman–Crippen MR) is 79.0 cm³/mol. The molecule has 0 bridgehead atoms. The molecule has 1 aliphatic rings. The Bertz CT molecular complexity index is 297. The standard InChI is InChI=1S/C14H30N4O/c1-5-7-16-14(3,13(15)19)6-8-18-10-9-17(4)11-12(18)2/h12,16H,5-11H2,1-4H3,(H2,15,19). The number of hydrogen-bond donors (Lipinski definition) is 2. The van der Waals surface area contributed by atoms with Crippen molar-refractivity contribution in [3.63, 3.8) is 0 Å². The van der Waals surface area contributed by atoms with Crippen molar-refractivity contribution in [1.82, 2.24) is 15.1 Å². The summed E-state index contributed by atoms with van der Waals surface area (Å²) in [6, 6.07) is 0.544. The van der Waals surface area contributed by atoms with Gasteiger partial charge in [0.1, 0.15) is 0 Å². The second-order valence-electron chi connectivity index (χ2n) is 6.02. The molecule has 0 aromatic heterocycles. The number of nitrogens with one attached hydrogen (secondary N) is 1. The third kappa shape index (κ3) is 4.75. The molecule has 2 unspecified atom stereocenters. The Morgan fingerprint density at radius 2 is 2.16 bits per heavy atom. The normalized spacial score (nSPS) is 25.2. The van der Waals surface area contributed by atoms with Crippen LogP contribution in [0, 0.1) is 0 Å². The lowest BCUT2D eigenvalue weighted by molar-refractivity contribution is -0.124. The fraction of sp³-hybridized carbons (Fsp3) is 0.929. The van der Waals surface area contributed by atoms with E-state index in [0.717, 1.165) is 45.6 Å². The highest BCUT2D eigenvalue weighted by atomic mass is 16.1. The Labute approximate surface area is 117 Å². The average molecular weight is 270 g/mol. The number of nitrogens with two attached hydrogens (primary N) is 1. The van der Waals surface area contributed by atoms with Crippen molar-refractivity contribution in [2.45, 2.75) is 45.2 Å². The molecular formula is C14H30N4O. The number of rotatable bonds is 7. The van der Waals surface area contributed by atoms with Crippen LogP contribution < -0.4 is 11.1 Å². The summed E-state index contributed by atoms with van der Waals surface area (Å²) in [4.78, 5) is 16.5. The van der Waals surface area contributed by atoms with E-state index in [9.17, 15) is 4.79 Å². The van der Waals surface area contributed by atoms with Crippen molar-refractivity contribution in [2.75, 3.05) is 39.8 Å². The highest BCUT2D eigenvalue weighted by molar-refractivity contribution is 5.84. The lowest BCUT2D eigenvalue weighted by Crippen LogP contribution is -2.57. The molecule has 19 heavy (non-hydrogen) atoms. The number of carbonyl (C=O) groups is 1. The van der Waals surface area contributed by atoms with Crippen molar-refractivity contribution in [3.8, 4) is 0 Å². The summed E-state index contributed by atoms with van der Waals surface area (Å²) in [5.74, 6) is -0.247. The molecule has 5 heteroatoms. The van der Waals surface area contributed by atoms with Crippen LogP contribution in [0.2, 0.25) is 0 Å². The second-order valence-corrected chi connectivity index (χ2v) is 6.02. The molecule has 1 rings (SSSR count). The first kappa shape index (κ1) is 16.4. The quantitative estimate of drug-likeness (QED) is 0.696. The van der Waals surface area contributed by atoms with Crippen LogP contribution in [0.25, 0.3) is 0 Å².